The number of hydrogen-bond acceptors (Lipinski definition) is 5. The Morgan fingerprint density at radius 2 is 1.82 bits per heavy atom. The van der Waals surface area contributed by atoms with Crippen LogP contribution in [-0.2, 0) is 10.2 Å². The first-order valence-corrected chi connectivity index (χ1v) is 13.6. The molecule has 0 radical (unpaired) electrons. The van der Waals surface area contributed by atoms with E-state index in [0.717, 1.165) is 5.39 Å². The molecule has 0 bridgehead atoms. The molecule has 0 spiro atoms. The molecule has 1 N–H and O–H groups in total. The number of ether oxygens (including phenoxy) is 1. The summed E-state index contributed by atoms with van der Waals surface area (Å²) < 4.78 is 45.2. The summed E-state index contributed by atoms with van der Waals surface area (Å²) >= 11 is 0. The molecule has 0 saturated heterocycles. The number of halogens is 1. The van der Waals surface area contributed by atoms with Gasteiger partial charge >= 0.3 is 10.2 Å². The molecule has 0 aliphatic rings. The fourth-order valence-electron chi connectivity index (χ4n) is 4.82. The van der Waals surface area contributed by atoms with E-state index in [9.17, 15) is 22.4 Å². The largest absolute Gasteiger partial charge is 0.493 e. The van der Waals surface area contributed by atoms with Gasteiger partial charge in [0.15, 0.2) is 5.43 Å². The third kappa shape index (κ3) is 4.31. The highest BCUT2D eigenvalue weighted by Crippen LogP contribution is 2.38. The first-order chi connectivity index (χ1) is 18.0. The summed E-state index contributed by atoms with van der Waals surface area (Å²) in [4.78, 5) is 16.8. The van der Waals surface area contributed by atoms with Gasteiger partial charge in [-0.05, 0) is 61.7 Å². The van der Waals surface area contributed by atoms with Gasteiger partial charge in [-0.3, -0.25) is 4.79 Å². The summed E-state index contributed by atoms with van der Waals surface area (Å²) in [5.41, 5.74) is 3.19. The van der Waals surface area contributed by atoms with Gasteiger partial charge < -0.3 is 14.3 Å². The molecular weight excluding hydrogens is 505 g/mol. The standard InChI is InChI=1S/C29H26FN3O4S/c1-16(2)15-37-26-13-23-25(12-22(26)19-6-5-7-20(11-19)38(30,35)36)33(17(3)4)29-27(28(23)34)21-9-8-18(14-31)10-24(21)32-29/h5-13,16-17,32H,15H2,1-4H3. The Labute approximate surface area is 219 Å². The molecule has 0 aliphatic heterocycles. The first-order valence-electron chi connectivity index (χ1n) is 12.2. The van der Waals surface area contributed by atoms with Crippen molar-refractivity contribution in [2.45, 2.75) is 38.6 Å². The smallest absolute Gasteiger partial charge is 0.332 e. The lowest BCUT2D eigenvalue weighted by Gasteiger charge is -2.20. The average Bonchev–Trinajstić information content (AvgIpc) is 3.25. The quantitative estimate of drug-likeness (QED) is 0.254. The molecule has 9 heteroatoms. The van der Waals surface area contributed by atoms with Crippen LogP contribution in [0.25, 0.3) is 44.0 Å². The number of fused-ring (bicyclic) bond motifs is 4. The van der Waals surface area contributed by atoms with Crippen molar-refractivity contribution in [1.82, 2.24) is 9.55 Å². The summed E-state index contributed by atoms with van der Waals surface area (Å²) in [5.74, 6) is 0.590. The lowest BCUT2D eigenvalue weighted by atomic mass is 10.00. The topological polar surface area (TPSA) is 105 Å². The summed E-state index contributed by atoms with van der Waals surface area (Å²) in [6, 6.07) is 16.3. The van der Waals surface area contributed by atoms with E-state index in [-0.39, 0.29) is 17.4 Å². The van der Waals surface area contributed by atoms with Crippen molar-refractivity contribution in [3.05, 3.63) is 70.4 Å². The van der Waals surface area contributed by atoms with Crippen LogP contribution in [0.1, 0.15) is 39.3 Å². The number of nitriles is 1. The summed E-state index contributed by atoms with van der Waals surface area (Å²) in [6.07, 6.45) is 0. The van der Waals surface area contributed by atoms with Crippen LogP contribution >= 0.6 is 0 Å². The molecule has 2 heterocycles. The normalized spacial score (nSPS) is 12.2. The molecule has 5 aromatic rings. The molecule has 0 atom stereocenters. The van der Waals surface area contributed by atoms with E-state index >= 15 is 0 Å². The number of pyridine rings is 1. The SMILES string of the molecule is CC(C)COc1cc2c(=O)c3c4ccc(C#N)cc4[nH]c3n(C(C)C)c2cc1-c1cccc(S(=O)(=O)F)c1. The number of nitrogens with one attached hydrogen (secondary N) is 1. The van der Waals surface area contributed by atoms with Crippen molar-refractivity contribution in [1.29, 1.82) is 5.26 Å². The minimum atomic E-state index is -4.92. The van der Waals surface area contributed by atoms with Crippen LogP contribution in [0, 0.1) is 17.2 Å². The lowest BCUT2D eigenvalue weighted by Crippen LogP contribution is -2.14. The van der Waals surface area contributed by atoms with Gasteiger partial charge in [0.1, 0.15) is 11.4 Å². The van der Waals surface area contributed by atoms with Crippen LogP contribution in [-0.4, -0.2) is 24.6 Å². The Balaban J connectivity index is 1.91. The highest BCUT2D eigenvalue weighted by atomic mass is 32.3. The van der Waals surface area contributed by atoms with Crippen LogP contribution in [0.4, 0.5) is 3.89 Å². The monoisotopic (exact) mass is 531 g/mol. The molecule has 0 fully saturated rings. The average molecular weight is 532 g/mol. The van der Waals surface area contributed by atoms with Gasteiger partial charge in [0.05, 0.1) is 39.4 Å². The van der Waals surface area contributed by atoms with Crippen LogP contribution in [0.3, 0.4) is 0 Å². The maximum absolute atomic E-state index is 13.9. The van der Waals surface area contributed by atoms with Crippen molar-refractivity contribution in [3.8, 4) is 22.9 Å². The molecule has 0 saturated carbocycles. The second-order valence-electron chi connectivity index (χ2n) is 10.0. The number of benzene rings is 3. The third-order valence-corrected chi connectivity index (χ3v) is 7.31. The molecule has 7 nitrogen and oxygen atoms in total. The van der Waals surface area contributed by atoms with Gasteiger partial charge in [0.2, 0.25) is 0 Å². The van der Waals surface area contributed by atoms with Gasteiger partial charge in [-0.15, -0.1) is 3.89 Å². The number of nitrogens with zero attached hydrogens (tertiary/aromatic N) is 2. The van der Waals surface area contributed by atoms with Crippen molar-refractivity contribution < 1.29 is 17.0 Å². The van der Waals surface area contributed by atoms with Crippen LogP contribution in [0.5, 0.6) is 5.75 Å². The zero-order valence-corrected chi connectivity index (χ0v) is 22.2. The van der Waals surface area contributed by atoms with E-state index in [2.05, 4.69) is 11.1 Å². The van der Waals surface area contributed by atoms with Gasteiger partial charge in [-0.2, -0.15) is 13.7 Å². The van der Waals surface area contributed by atoms with Gasteiger partial charge in [-0.25, -0.2) is 0 Å². The van der Waals surface area contributed by atoms with E-state index < -0.39 is 15.1 Å². The number of aromatic nitrogens is 2. The summed E-state index contributed by atoms with van der Waals surface area (Å²) in [5, 5.41) is 11.0. The first kappa shape index (κ1) is 25.5. The maximum atomic E-state index is 13.9. The molecule has 5 rings (SSSR count). The molecule has 38 heavy (non-hydrogen) atoms. The third-order valence-electron chi connectivity index (χ3n) is 6.49. The molecule has 3 aromatic carbocycles. The number of hydrogen-bond donors (Lipinski definition) is 1. The molecular formula is C29H26FN3O4S. The lowest BCUT2D eigenvalue weighted by molar-refractivity contribution is 0.272. The maximum Gasteiger partial charge on any atom is 0.332 e. The molecule has 0 aliphatic carbocycles. The predicted molar refractivity (Wildman–Crippen MR) is 147 cm³/mol. The van der Waals surface area contributed by atoms with E-state index in [0.29, 0.717) is 56.5 Å². The highest BCUT2D eigenvalue weighted by Gasteiger charge is 2.22. The second kappa shape index (κ2) is 9.30. The molecule has 0 unspecified atom stereocenters. The Morgan fingerprint density at radius 1 is 1.05 bits per heavy atom. The minimum absolute atomic E-state index is 0.0723. The number of aromatic amines is 1. The second-order valence-corrected chi connectivity index (χ2v) is 11.4. The Hall–Kier alpha value is -4.16. The Morgan fingerprint density at radius 3 is 2.47 bits per heavy atom. The zero-order valence-electron chi connectivity index (χ0n) is 21.4. The van der Waals surface area contributed by atoms with Gasteiger partial charge in [0.25, 0.3) is 0 Å². The van der Waals surface area contributed by atoms with E-state index in [4.69, 9.17) is 4.74 Å². The van der Waals surface area contributed by atoms with E-state index in [1.807, 2.05) is 32.3 Å². The van der Waals surface area contributed by atoms with Crippen LogP contribution in [0.2, 0.25) is 0 Å². The van der Waals surface area contributed by atoms with Crippen molar-refractivity contribution in [2.24, 2.45) is 5.92 Å². The number of H-pyrrole nitrogens is 1. The van der Waals surface area contributed by atoms with Crippen molar-refractivity contribution in [3.63, 3.8) is 0 Å². The minimum Gasteiger partial charge on any atom is -0.493 e. The van der Waals surface area contributed by atoms with Crippen molar-refractivity contribution in [2.75, 3.05) is 6.61 Å². The Bertz CT molecular complexity index is 1950. The predicted octanol–water partition coefficient (Wildman–Crippen LogP) is 6.45. The van der Waals surface area contributed by atoms with Gasteiger partial charge in [0, 0.05) is 22.5 Å². The molecule has 0 amide bonds. The number of rotatable bonds is 6. The fourth-order valence-corrected chi connectivity index (χ4v) is 5.33. The summed E-state index contributed by atoms with van der Waals surface area (Å²) in [6.45, 7) is 8.34. The molecule has 194 valence electrons. The van der Waals surface area contributed by atoms with Gasteiger partial charge in [-0.1, -0.05) is 32.0 Å². The van der Waals surface area contributed by atoms with Crippen molar-refractivity contribution >= 4 is 43.1 Å². The highest BCUT2D eigenvalue weighted by molar-refractivity contribution is 7.86. The molecule has 2 aromatic heterocycles. The van der Waals surface area contributed by atoms with Crippen LogP contribution < -0.4 is 10.2 Å². The zero-order chi connectivity index (χ0) is 27.4. The fraction of sp³-hybridized carbons (Fsp3) is 0.241. The van der Waals surface area contributed by atoms with E-state index in [1.165, 1.54) is 18.2 Å². The van der Waals surface area contributed by atoms with Crippen LogP contribution in [0.15, 0.2) is 64.3 Å². The summed E-state index contributed by atoms with van der Waals surface area (Å²) in [7, 11) is -4.92. The van der Waals surface area contributed by atoms with E-state index in [1.54, 1.807) is 36.4 Å². The Kier molecular flexibility index (Phi) is 6.24.